The summed E-state index contributed by atoms with van der Waals surface area (Å²) >= 11 is 1.42. The first-order valence-electron chi connectivity index (χ1n) is 5.73. The topological polar surface area (TPSA) is 79.3 Å². The van der Waals surface area contributed by atoms with Gasteiger partial charge in [-0.15, -0.1) is 11.3 Å². The Balaban J connectivity index is 2.23. The Hall–Kier alpha value is -1.44. The van der Waals surface area contributed by atoms with Gasteiger partial charge in [-0.2, -0.15) is 0 Å². The minimum Gasteiger partial charge on any atom is -0.508 e. The van der Waals surface area contributed by atoms with Gasteiger partial charge in [0.05, 0.1) is 10.9 Å². The van der Waals surface area contributed by atoms with Crippen LogP contribution in [0.4, 0.5) is 0 Å². The zero-order valence-corrected chi connectivity index (χ0v) is 11.9. The molecule has 2 rings (SSSR count). The van der Waals surface area contributed by atoms with Crippen LogP contribution in [0.3, 0.4) is 0 Å². The van der Waals surface area contributed by atoms with Gasteiger partial charge < -0.3 is 5.11 Å². The molecule has 0 saturated heterocycles. The quantitative estimate of drug-likeness (QED) is 0.887. The highest BCUT2D eigenvalue weighted by Crippen LogP contribution is 2.22. The molecular weight excluding hydrogens is 284 g/mol. The molecule has 0 aliphatic rings. The lowest BCUT2D eigenvalue weighted by Gasteiger charge is -2.14. The van der Waals surface area contributed by atoms with Crippen LogP contribution < -0.4 is 4.72 Å². The molecule has 1 atom stereocenters. The Morgan fingerprint density at radius 1 is 1.37 bits per heavy atom. The zero-order valence-electron chi connectivity index (χ0n) is 10.3. The van der Waals surface area contributed by atoms with E-state index in [-0.39, 0.29) is 16.7 Å². The summed E-state index contributed by atoms with van der Waals surface area (Å²) in [7, 11) is -3.61. The van der Waals surface area contributed by atoms with Gasteiger partial charge in [-0.3, -0.25) is 0 Å². The van der Waals surface area contributed by atoms with Crippen LogP contribution in [0.25, 0.3) is 0 Å². The van der Waals surface area contributed by atoms with Gasteiger partial charge in [0.1, 0.15) is 10.8 Å². The predicted octanol–water partition coefficient (Wildman–Crippen LogP) is 2.28. The molecule has 2 N–H and O–H groups in total. The van der Waals surface area contributed by atoms with Crippen LogP contribution in [-0.2, 0) is 10.0 Å². The Kier molecular flexibility index (Phi) is 4.18. The van der Waals surface area contributed by atoms with Gasteiger partial charge in [-0.1, -0.05) is 6.92 Å². The number of hydrogen-bond donors (Lipinski definition) is 2. The average molecular weight is 298 g/mol. The molecule has 0 bridgehead atoms. The number of sulfonamides is 1. The predicted molar refractivity (Wildman–Crippen MR) is 73.6 cm³/mol. The van der Waals surface area contributed by atoms with E-state index in [2.05, 4.69) is 9.71 Å². The highest BCUT2D eigenvalue weighted by molar-refractivity contribution is 7.89. The van der Waals surface area contributed by atoms with E-state index in [0.29, 0.717) is 6.42 Å². The van der Waals surface area contributed by atoms with Gasteiger partial charge in [-0.25, -0.2) is 18.1 Å². The third-order valence-electron chi connectivity index (χ3n) is 2.60. The molecule has 0 spiro atoms. The second-order valence-corrected chi connectivity index (χ2v) is 6.59. The van der Waals surface area contributed by atoms with Crippen molar-refractivity contribution in [2.45, 2.75) is 24.3 Å². The lowest BCUT2D eigenvalue weighted by Crippen LogP contribution is -2.28. The van der Waals surface area contributed by atoms with Crippen LogP contribution >= 0.6 is 11.3 Å². The summed E-state index contributed by atoms with van der Waals surface area (Å²) in [6.07, 6.45) is 2.27. The van der Waals surface area contributed by atoms with Crippen molar-refractivity contribution >= 4 is 21.4 Å². The van der Waals surface area contributed by atoms with Crippen molar-refractivity contribution in [3.63, 3.8) is 0 Å². The molecular formula is C12H14N2O3S2. The number of phenolic OH excluding ortho intramolecular Hbond substituents is 1. The van der Waals surface area contributed by atoms with Crippen molar-refractivity contribution in [1.29, 1.82) is 0 Å². The van der Waals surface area contributed by atoms with Crippen LogP contribution in [-0.4, -0.2) is 18.5 Å². The highest BCUT2D eigenvalue weighted by atomic mass is 32.2. The molecule has 1 heterocycles. The van der Waals surface area contributed by atoms with Crippen molar-refractivity contribution in [3.8, 4) is 5.75 Å². The number of hydrogen-bond acceptors (Lipinski definition) is 5. The fraction of sp³-hybridized carbons (Fsp3) is 0.250. The lowest BCUT2D eigenvalue weighted by molar-refractivity contribution is 0.474. The van der Waals surface area contributed by atoms with Crippen LogP contribution in [0.1, 0.15) is 24.4 Å². The molecule has 0 amide bonds. The number of nitrogens with one attached hydrogen (secondary N) is 1. The van der Waals surface area contributed by atoms with Crippen LogP contribution in [0, 0.1) is 0 Å². The number of nitrogens with zero attached hydrogens (tertiary/aromatic N) is 1. The molecule has 1 unspecified atom stereocenters. The summed E-state index contributed by atoms with van der Waals surface area (Å²) in [5.74, 6) is 0.0333. The van der Waals surface area contributed by atoms with Crippen molar-refractivity contribution in [3.05, 3.63) is 40.8 Å². The van der Waals surface area contributed by atoms with E-state index in [1.54, 1.807) is 6.20 Å². The Morgan fingerprint density at radius 2 is 2.05 bits per heavy atom. The molecule has 5 nitrogen and oxygen atoms in total. The molecule has 0 aliphatic heterocycles. The van der Waals surface area contributed by atoms with Crippen LogP contribution in [0.5, 0.6) is 5.75 Å². The minimum atomic E-state index is -3.61. The average Bonchev–Trinajstić information content (AvgIpc) is 2.90. The van der Waals surface area contributed by atoms with E-state index in [1.165, 1.54) is 35.6 Å². The third kappa shape index (κ3) is 3.31. The monoisotopic (exact) mass is 298 g/mol. The number of aromatic hydroxyl groups is 1. The molecule has 0 saturated carbocycles. The van der Waals surface area contributed by atoms with Gasteiger partial charge in [0, 0.05) is 11.6 Å². The summed E-state index contributed by atoms with van der Waals surface area (Å²) in [4.78, 5) is 4.26. The van der Waals surface area contributed by atoms with Gasteiger partial charge in [-0.05, 0) is 30.7 Å². The first-order chi connectivity index (χ1) is 9.03. The van der Waals surface area contributed by atoms with Gasteiger partial charge in [0.25, 0.3) is 0 Å². The number of benzene rings is 1. The Bertz CT molecular complexity index is 622. The smallest absolute Gasteiger partial charge is 0.241 e. The molecule has 7 heteroatoms. The van der Waals surface area contributed by atoms with Crippen LogP contribution in [0.15, 0.2) is 40.7 Å². The van der Waals surface area contributed by atoms with Crippen molar-refractivity contribution < 1.29 is 13.5 Å². The second-order valence-electron chi connectivity index (χ2n) is 3.95. The van der Waals surface area contributed by atoms with Gasteiger partial charge in [0.15, 0.2) is 0 Å². The van der Waals surface area contributed by atoms with Crippen molar-refractivity contribution in [2.24, 2.45) is 0 Å². The second kappa shape index (κ2) is 5.68. The number of thiazole rings is 1. The molecule has 2 aromatic rings. The normalized spacial score (nSPS) is 13.3. The molecule has 0 radical (unpaired) electrons. The molecule has 102 valence electrons. The molecule has 1 aromatic carbocycles. The Morgan fingerprint density at radius 3 is 2.58 bits per heavy atom. The fourth-order valence-corrected chi connectivity index (χ4v) is 3.73. The molecule has 19 heavy (non-hydrogen) atoms. The van der Waals surface area contributed by atoms with E-state index in [9.17, 15) is 13.5 Å². The summed E-state index contributed by atoms with van der Waals surface area (Å²) < 4.78 is 27.0. The molecule has 0 fully saturated rings. The van der Waals surface area contributed by atoms with Gasteiger partial charge in [0.2, 0.25) is 10.0 Å². The highest BCUT2D eigenvalue weighted by Gasteiger charge is 2.21. The molecule has 0 aliphatic carbocycles. The summed E-state index contributed by atoms with van der Waals surface area (Å²) in [6, 6.07) is 5.09. The number of aromatic nitrogens is 1. The number of phenols is 1. The fourth-order valence-electron chi connectivity index (χ4n) is 1.60. The SMILES string of the molecule is CCC(NS(=O)(=O)c1ccc(O)cc1)c1nccs1. The van der Waals surface area contributed by atoms with E-state index in [1.807, 2.05) is 12.3 Å². The zero-order chi connectivity index (χ0) is 13.9. The molecule has 1 aromatic heterocycles. The third-order valence-corrected chi connectivity index (χ3v) is 4.98. The van der Waals surface area contributed by atoms with Gasteiger partial charge >= 0.3 is 0 Å². The summed E-state index contributed by atoms with van der Waals surface area (Å²) in [5.41, 5.74) is 0. The lowest BCUT2D eigenvalue weighted by atomic mass is 10.3. The van der Waals surface area contributed by atoms with Crippen molar-refractivity contribution in [1.82, 2.24) is 9.71 Å². The van der Waals surface area contributed by atoms with E-state index >= 15 is 0 Å². The van der Waals surface area contributed by atoms with Crippen LogP contribution in [0.2, 0.25) is 0 Å². The van der Waals surface area contributed by atoms with E-state index < -0.39 is 10.0 Å². The summed E-state index contributed by atoms with van der Waals surface area (Å²) in [6.45, 7) is 1.89. The maximum atomic E-state index is 12.2. The first-order valence-corrected chi connectivity index (χ1v) is 8.10. The minimum absolute atomic E-state index is 0.0333. The maximum absolute atomic E-state index is 12.2. The van der Waals surface area contributed by atoms with E-state index in [0.717, 1.165) is 5.01 Å². The summed E-state index contributed by atoms with van der Waals surface area (Å²) in [5, 5.41) is 11.7. The Labute approximate surface area is 116 Å². The maximum Gasteiger partial charge on any atom is 0.241 e. The van der Waals surface area contributed by atoms with Crippen molar-refractivity contribution in [2.75, 3.05) is 0 Å². The number of rotatable bonds is 5. The first kappa shape index (κ1) is 14.0. The standard InChI is InChI=1S/C12H14N2O3S2/c1-2-11(12-13-7-8-18-12)14-19(16,17)10-5-3-9(15)4-6-10/h3-8,11,14-15H,2H2,1H3. The largest absolute Gasteiger partial charge is 0.508 e. The van der Waals surface area contributed by atoms with E-state index in [4.69, 9.17) is 0 Å².